The van der Waals surface area contributed by atoms with Gasteiger partial charge in [-0.1, -0.05) is 6.58 Å². The van der Waals surface area contributed by atoms with E-state index >= 15 is 0 Å². The van der Waals surface area contributed by atoms with Crippen molar-refractivity contribution in [3.05, 3.63) is 24.5 Å². The molecule has 2 rings (SSSR count). The third kappa shape index (κ3) is 4.78. The first kappa shape index (κ1) is 14.2. The van der Waals surface area contributed by atoms with Gasteiger partial charge in [0.05, 0.1) is 6.20 Å². The maximum Gasteiger partial charge on any atom is 0.0538 e. The molecule has 0 bridgehead atoms. The second kappa shape index (κ2) is 7.43. The number of nitrogens with one attached hydrogen (secondary N) is 1. The van der Waals surface area contributed by atoms with E-state index in [0.29, 0.717) is 0 Å². The van der Waals surface area contributed by atoms with Crippen LogP contribution in [-0.2, 0) is 6.54 Å². The third-order valence-corrected chi connectivity index (χ3v) is 3.59. The van der Waals surface area contributed by atoms with Crippen molar-refractivity contribution in [2.24, 2.45) is 0 Å². The molecular formula is C14H25N5. The fourth-order valence-electron chi connectivity index (χ4n) is 2.30. The predicted molar refractivity (Wildman–Crippen MR) is 78.9 cm³/mol. The molecule has 1 aliphatic rings. The zero-order valence-electron chi connectivity index (χ0n) is 11.9. The predicted octanol–water partition coefficient (Wildman–Crippen LogP) is 0.711. The van der Waals surface area contributed by atoms with Crippen molar-refractivity contribution >= 4 is 6.20 Å². The lowest BCUT2D eigenvalue weighted by atomic mass is 10.3. The van der Waals surface area contributed by atoms with Crippen LogP contribution in [0.25, 0.3) is 6.20 Å². The van der Waals surface area contributed by atoms with Crippen LogP contribution in [0.5, 0.6) is 0 Å². The number of rotatable bonds is 7. The Morgan fingerprint density at radius 1 is 1.37 bits per heavy atom. The van der Waals surface area contributed by atoms with Crippen molar-refractivity contribution in [1.29, 1.82) is 0 Å². The molecule has 106 valence electrons. The fraction of sp³-hybridized carbons (Fsp3) is 0.643. The summed E-state index contributed by atoms with van der Waals surface area (Å²) < 4.78 is 1.74. The number of hydrogen-bond acceptors (Lipinski definition) is 4. The van der Waals surface area contributed by atoms with Crippen LogP contribution in [0, 0.1) is 0 Å². The zero-order chi connectivity index (χ0) is 13.5. The highest BCUT2D eigenvalue weighted by atomic mass is 15.3. The monoisotopic (exact) mass is 263 g/mol. The van der Waals surface area contributed by atoms with E-state index in [1.54, 1.807) is 10.9 Å². The van der Waals surface area contributed by atoms with Crippen LogP contribution < -0.4 is 5.32 Å². The summed E-state index contributed by atoms with van der Waals surface area (Å²) in [7, 11) is 2.20. The van der Waals surface area contributed by atoms with Gasteiger partial charge in [-0.25, -0.2) is 4.68 Å². The summed E-state index contributed by atoms with van der Waals surface area (Å²) in [5.41, 5.74) is 1.21. The smallest absolute Gasteiger partial charge is 0.0538 e. The first-order valence-corrected chi connectivity index (χ1v) is 7.05. The van der Waals surface area contributed by atoms with Gasteiger partial charge in [0.25, 0.3) is 0 Å². The minimum Gasteiger partial charge on any atom is -0.313 e. The summed E-state index contributed by atoms with van der Waals surface area (Å²) in [5, 5.41) is 7.62. The molecule has 1 N–H and O–H groups in total. The summed E-state index contributed by atoms with van der Waals surface area (Å²) in [5.74, 6) is 0. The molecule has 1 saturated heterocycles. The van der Waals surface area contributed by atoms with Crippen LogP contribution in [-0.4, -0.2) is 65.9 Å². The number of likely N-dealkylation sites (N-methyl/N-ethyl adjacent to an activating group) is 1. The highest BCUT2D eigenvalue weighted by Gasteiger charge is 2.12. The molecular weight excluding hydrogens is 238 g/mol. The lowest BCUT2D eigenvalue weighted by Crippen LogP contribution is -2.45. The SMILES string of the molecule is C=Cn1cc(CNCCCN2CCN(C)CC2)cn1. The van der Waals surface area contributed by atoms with Gasteiger partial charge in [-0.15, -0.1) is 0 Å². The Labute approximate surface area is 115 Å². The van der Waals surface area contributed by atoms with E-state index in [-0.39, 0.29) is 0 Å². The van der Waals surface area contributed by atoms with Crippen LogP contribution in [0.1, 0.15) is 12.0 Å². The van der Waals surface area contributed by atoms with Gasteiger partial charge in [0.15, 0.2) is 0 Å². The molecule has 5 nitrogen and oxygen atoms in total. The molecule has 1 aromatic rings. The highest BCUT2D eigenvalue weighted by molar-refractivity contribution is 5.17. The molecule has 0 atom stereocenters. The van der Waals surface area contributed by atoms with E-state index in [2.05, 4.69) is 33.8 Å². The molecule has 0 spiro atoms. The lowest BCUT2D eigenvalue weighted by molar-refractivity contribution is 0.153. The molecule has 5 heteroatoms. The van der Waals surface area contributed by atoms with E-state index in [4.69, 9.17) is 0 Å². The number of aromatic nitrogens is 2. The Balaban J connectivity index is 1.53. The van der Waals surface area contributed by atoms with Crippen molar-refractivity contribution in [3.63, 3.8) is 0 Å². The minimum absolute atomic E-state index is 0.885. The normalized spacial score (nSPS) is 17.7. The molecule has 19 heavy (non-hydrogen) atoms. The zero-order valence-corrected chi connectivity index (χ0v) is 11.9. The number of piperazine rings is 1. The van der Waals surface area contributed by atoms with Gasteiger partial charge in [-0.05, 0) is 26.6 Å². The molecule has 0 saturated carbocycles. The Bertz CT molecular complexity index is 379. The van der Waals surface area contributed by atoms with Crippen molar-refractivity contribution in [1.82, 2.24) is 24.9 Å². The minimum atomic E-state index is 0.885. The van der Waals surface area contributed by atoms with E-state index in [1.165, 1.54) is 44.7 Å². The highest BCUT2D eigenvalue weighted by Crippen LogP contribution is 2.00. The first-order chi connectivity index (χ1) is 9.28. The summed E-state index contributed by atoms with van der Waals surface area (Å²) in [6.45, 7) is 11.7. The van der Waals surface area contributed by atoms with Crippen molar-refractivity contribution in [3.8, 4) is 0 Å². The molecule has 0 amide bonds. The Morgan fingerprint density at radius 3 is 2.84 bits per heavy atom. The maximum atomic E-state index is 4.16. The number of hydrogen-bond donors (Lipinski definition) is 1. The summed E-state index contributed by atoms with van der Waals surface area (Å²) in [4.78, 5) is 4.95. The molecule has 0 unspecified atom stereocenters. The van der Waals surface area contributed by atoms with Gasteiger partial charge >= 0.3 is 0 Å². The summed E-state index contributed by atoms with van der Waals surface area (Å²) >= 11 is 0. The average molecular weight is 263 g/mol. The standard InChI is InChI=1S/C14H25N5/c1-3-19-13-14(12-16-19)11-15-5-4-6-18-9-7-17(2)8-10-18/h3,12-13,15H,1,4-11H2,2H3. The maximum absolute atomic E-state index is 4.16. The summed E-state index contributed by atoms with van der Waals surface area (Å²) in [6.07, 6.45) is 6.80. The van der Waals surface area contributed by atoms with Crippen LogP contribution >= 0.6 is 0 Å². The Kier molecular flexibility index (Phi) is 5.57. The second-order valence-corrected chi connectivity index (χ2v) is 5.19. The third-order valence-electron chi connectivity index (χ3n) is 3.59. The van der Waals surface area contributed by atoms with Gasteiger partial charge in [-0.2, -0.15) is 5.10 Å². The van der Waals surface area contributed by atoms with Gasteiger partial charge < -0.3 is 15.1 Å². The lowest BCUT2D eigenvalue weighted by Gasteiger charge is -2.32. The van der Waals surface area contributed by atoms with Crippen LogP contribution in [0.15, 0.2) is 19.0 Å². The van der Waals surface area contributed by atoms with E-state index < -0.39 is 0 Å². The van der Waals surface area contributed by atoms with Gasteiger partial charge in [0.2, 0.25) is 0 Å². The molecule has 0 aromatic carbocycles. The van der Waals surface area contributed by atoms with Crippen LogP contribution in [0.3, 0.4) is 0 Å². The quantitative estimate of drug-likeness (QED) is 0.735. The topological polar surface area (TPSA) is 36.3 Å². The molecule has 1 aliphatic heterocycles. The van der Waals surface area contributed by atoms with Crippen molar-refractivity contribution in [2.45, 2.75) is 13.0 Å². The van der Waals surface area contributed by atoms with Gasteiger partial charge in [0, 0.05) is 50.7 Å². The van der Waals surface area contributed by atoms with Crippen molar-refractivity contribution < 1.29 is 0 Å². The fourth-order valence-corrected chi connectivity index (χ4v) is 2.30. The largest absolute Gasteiger partial charge is 0.313 e. The van der Waals surface area contributed by atoms with Gasteiger partial charge in [-0.3, -0.25) is 0 Å². The van der Waals surface area contributed by atoms with E-state index in [1.807, 2.05) is 12.4 Å². The molecule has 0 aliphatic carbocycles. The van der Waals surface area contributed by atoms with Crippen LogP contribution in [0.4, 0.5) is 0 Å². The molecule has 1 fully saturated rings. The van der Waals surface area contributed by atoms with Crippen LogP contribution in [0.2, 0.25) is 0 Å². The number of nitrogens with zero attached hydrogens (tertiary/aromatic N) is 4. The van der Waals surface area contributed by atoms with E-state index in [9.17, 15) is 0 Å². The first-order valence-electron chi connectivity index (χ1n) is 7.05. The Hall–Kier alpha value is -1.17. The molecule has 1 aromatic heterocycles. The van der Waals surface area contributed by atoms with Gasteiger partial charge in [0.1, 0.15) is 0 Å². The molecule has 0 radical (unpaired) electrons. The molecule has 2 heterocycles. The van der Waals surface area contributed by atoms with Crippen molar-refractivity contribution in [2.75, 3.05) is 46.3 Å². The second-order valence-electron chi connectivity index (χ2n) is 5.19. The van der Waals surface area contributed by atoms with E-state index in [0.717, 1.165) is 13.1 Å². The summed E-state index contributed by atoms with van der Waals surface area (Å²) in [6, 6.07) is 0. The average Bonchev–Trinajstić information content (AvgIpc) is 2.88. The Morgan fingerprint density at radius 2 is 2.16 bits per heavy atom.